The number of hydrogen-bond acceptors (Lipinski definition) is 15. The number of nitrogens with two attached hydrogens (primary N) is 3. The van der Waals surface area contributed by atoms with Gasteiger partial charge in [0.25, 0.3) is 0 Å². The summed E-state index contributed by atoms with van der Waals surface area (Å²) < 4.78 is 0. The van der Waals surface area contributed by atoms with Crippen LogP contribution in [0.2, 0.25) is 0 Å². The Kier molecular flexibility index (Phi) is 23.0. The van der Waals surface area contributed by atoms with Crippen molar-refractivity contribution in [2.24, 2.45) is 28.1 Å². The minimum Gasteiger partial charge on any atom is -0.480 e. The van der Waals surface area contributed by atoms with Crippen molar-refractivity contribution >= 4 is 71.0 Å². The van der Waals surface area contributed by atoms with Gasteiger partial charge in [0.2, 0.25) is 59.1 Å². The van der Waals surface area contributed by atoms with E-state index in [-0.39, 0.29) is 64.4 Å². The Morgan fingerprint density at radius 3 is 1.68 bits per heavy atom. The number of carboxylic acids is 1. The molecule has 28 heteroatoms. The molecule has 0 aromatic carbocycles. The largest absolute Gasteiger partial charge is 0.480 e. The van der Waals surface area contributed by atoms with E-state index >= 15 is 0 Å². The molecular weight excluding hydrogens is 985 g/mol. The summed E-state index contributed by atoms with van der Waals surface area (Å²) in [5, 5.41) is 45.2. The number of aliphatic hydroxyl groups is 2. The van der Waals surface area contributed by atoms with Crippen LogP contribution in [0.3, 0.4) is 0 Å². The van der Waals surface area contributed by atoms with Gasteiger partial charge in [-0.05, 0) is 90.9 Å². The number of carboxylic acid groups (broad SMARTS) is 1. The number of amides is 10. The lowest BCUT2D eigenvalue weighted by Crippen LogP contribution is -2.60. The molecule has 4 aliphatic heterocycles. The molecule has 0 aromatic heterocycles. The Labute approximate surface area is 435 Å². The average Bonchev–Trinajstić information content (AvgIpc) is 4.23. The van der Waals surface area contributed by atoms with Gasteiger partial charge in [-0.1, -0.05) is 20.3 Å². The molecule has 0 aliphatic carbocycles. The van der Waals surface area contributed by atoms with Crippen LogP contribution in [0.25, 0.3) is 0 Å². The number of carbonyl (C=O) groups excluding carboxylic acids is 10. The highest BCUT2D eigenvalue weighted by Gasteiger charge is 2.45. The van der Waals surface area contributed by atoms with Crippen molar-refractivity contribution in [1.29, 1.82) is 0 Å². The van der Waals surface area contributed by atoms with Crippen molar-refractivity contribution in [3.05, 3.63) is 0 Å². The van der Waals surface area contributed by atoms with Crippen LogP contribution in [0.1, 0.15) is 105 Å². The fourth-order valence-electron chi connectivity index (χ4n) is 9.75. The number of aliphatic hydroxyl groups excluding tert-OH is 2. The van der Waals surface area contributed by atoms with Crippen LogP contribution in [-0.2, 0) is 52.7 Å². The molecule has 4 aliphatic rings. The zero-order chi connectivity index (χ0) is 55.8. The predicted molar refractivity (Wildman–Crippen MR) is 267 cm³/mol. The molecule has 75 heavy (non-hydrogen) atoms. The highest BCUT2D eigenvalue weighted by atomic mass is 16.4. The van der Waals surface area contributed by atoms with Gasteiger partial charge in [0.1, 0.15) is 54.4 Å². The van der Waals surface area contributed by atoms with Crippen molar-refractivity contribution in [2.45, 2.75) is 172 Å². The summed E-state index contributed by atoms with van der Waals surface area (Å²) in [5.41, 5.74) is 16.6. The van der Waals surface area contributed by atoms with E-state index in [1.165, 1.54) is 40.4 Å². The Morgan fingerprint density at radius 2 is 1.13 bits per heavy atom. The van der Waals surface area contributed by atoms with Crippen molar-refractivity contribution in [2.75, 3.05) is 45.9 Å². The normalized spacial score (nSPS) is 22.6. The summed E-state index contributed by atoms with van der Waals surface area (Å²) in [4.78, 5) is 155. The van der Waals surface area contributed by atoms with Gasteiger partial charge < -0.3 is 84.0 Å². The van der Waals surface area contributed by atoms with Gasteiger partial charge >= 0.3 is 5.97 Å². The van der Waals surface area contributed by atoms with Crippen LogP contribution in [0.15, 0.2) is 4.99 Å². The predicted octanol–water partition coefficient (Wildman–Crippen LogP) is -5.58. The number of carbonyl (C=O) groups is 11. The van der Waals surface area contributed by atoms with Gasteiger partial charge in [-0.15, -0.1) is 0 Å². The number of nitrogens with one attached hydrogen (secondary N) is 6. The van der Waals surface area contributed by atoms with Crippen LogP contribution in [0.5, 0.6) is 0 Å². The quantitative estimate of drug-likeness (QED) is 0.0230. The number of nitrogens with zero attached hydrogens (tertiary/aromatic N) is 5. The molecule has 4 saturated heterocycles. The smallest absolute Gasteiger partial charge is 0.326 e. The molecule has 0 aromatic rings. The summed E-state index contributed by atoms with van der Waals surface area (Å²) >= 11 is 0. The molecule has 0 unspecified atom stereocenters. The van der Waals surface area contributed by atoms with Gasteiger partial charge in [0.15, 0.2) is 5.96 Å². The fraction of sp³-hybridized carbons (Fsp3) is 0.745. The minimum atomic E-state index is -1.57. The summed E-state index contributed by atoms with van der Waals surface area (Å²) in [6.07, 6.45) is 2.29. The van der Waals surface area contributed by atoms with Crippen molar-refractivity contribution in [1.82, 2.24) is 51.5 Å². The third-order valence-electron chi connectivity index (χ3n) is 14.2. The zero-order valence-electron chi connectivity index (χ0n) is 43.5. The number of rotatable bonds is 25. The van der Waals surface area contributed by atoms with Crippen LogP contribution in [0.4, 0.5) is 0 Å². The fourth-order valence-corrected chi connectivity index (χ4v) is 9.75. The molecule has 10 amide bonds. The summed E-state index contributed by atoms with van der Waals surface area (Å²) in [5.74, 6) is -8.69. The molecule has 4 fully saturated rings. The molecule has 0 bridgehead atoms. The maximum atomic E-state index is 14.1. The maximum absolute atomic E-state index is 14.1. The molecular formula is C47H78N14O14. The van der Waals surface area contributed by atoms with E-state index < -0.39 is 151 Å². The summed E-state index contributed by atoms with van der Waals surface area (Å²) in [7, 11) is 0. The topological polar surface area (TPSA) is 424 Å². The third-order valence-corrected chi connectivity index (χ3v) is 14.2. The Hall–Kier alpha value is -6.68. The SMILES string of the molecule is CC[C@H](C)[C@H](NC(=O)[C@@H]1CCCN1C(=O)[C@H](C)NC(=O)[C@H](CO)NC(=O)[C@@H]1CCCN1C(=O)[C@@H]1CCCN1C(=O)[C@H](C)NC(=O)[C@@H](NC(=O)[C@@H](N)CCCN=C(N)N)[C@@H](C)O)C(=O)NCC(=O)N1CCC[C@H]1C(=O)O. The Bertz CT molecular complexity index is 2140. The van der Waals surface area contributed by atoms with Gasteiger partial charge in [0, 0.05) is 32.7 Å². The molecule has 12 atom stereocenters. The average molecular weight is 1060 g/mol. The highest BCUT2D eigenvalue weighted by Crippen LogP contribution is 2.26. The standard InChI is InChI=1S/C47H78N14O14/c1-6-24(2)35(41(69)52-22-34(64)58-18-11-16-33(58)46(74)75)56-40(68)31-14-8-19-59(31)43(71)25(3)53-38(66)29(23-62)55-39(67)30-13-9-20-60(30)45(73)32-15-10-21-61(32)44(72)26(4)54-42(70)36(27(5)63)57-37(65)28(48)12-7-17-51-47(49)50/h24-33,35-36,62-63H,6-23,48H2,1-5H3,(H,52,69)(H,53,66)(H,54,70)(H,55,67)(H,56,68)(H,57,65)(H,74,75)(H4,49,50,51)/t24-,25-,26-,27+,28-,29-,30-,31-,32-,33-,35-,36-/m0/s1. The van der Waals surface area contributed by atoms with E-state index in [0.717, 1.165) is 0 Å². The number of hydrogen-bond donors (Lipinski definition) is 12. The van der Waals surface area contributed by atoms with E-state index in [4.69, 9.17) is 17.2 Å². The van der Waals surface area contributed by atoms with Gasteiger partial charge in [-0.25, -0.2) is 4.79 Å². The van der Waals surface area contributed by atoms with Crippen LogP contribution in [0, 0.1) is 5.92 Å². The van der Waals surface area contributed by atoms with E-state index in [1.54, 1.807) is 13.8 Å². The highest BCUT2D eigenvalue weighted by molar-refractivity contribution is 5.99. The second kappa shape index (κ2) is 28.3. The first-order valence-corrected chi connectivity index (χ1v) is 25.8. The molecule has 0 spiro atoms. The van der Waals surface area contributed by atoms with Crippen molar-refractivity contribution in [3.63, 3.8) is 0 Å². The van der Waals surface area contributed by atoms with E-state index in [0.29, 0.717) is 44.9 Å². The van der Waals surface area contributed by atoms with E-state index in [2.05, 4.69) is 36.9 Å². The lowest BCUT2D eigenvalue weighted by atomic mass is 9.97. The summed E-state index contributed by atoms with van der Waals surface area (Å²) in [6, 6.07) is -11.8. The van der Waals surface area contributed by atoms with Gasteiger partial charge in [-0.3, -0.25) is 52.9 Å². The van der Waals surface area contributed by atoms with Gasteiger partial charge in [-0.2, -0.15) is 0 Å². The molecule has 15 N–H and O–H groups in total. The van der Waals surface area contributed by atoms with Crippen LogP contribution in [-0.4, -0.2) is 218 Å². The first-order chi connectivity index (χ1) is 35.4. The number of aliphatic imine (C=N–C) groups is 1. The minimum absolute atomic E-state index is 0.122. The van der Waals surface area contributed by atoms with E-state index in [1.807, 2.05) is 0 Å². The van der Waals surface area contributed by atoms with Crippen molar-refractivity contribution in [3.8, 4) is 0 Å². The lowest BCUT2D eigenvalue weighted by molar-refractivity contribution is -0.148. The summed E-state index contributed by atoms with van der Waals surface area (Å²) in [6.45, 7) is 7.06. The van der Waals surface area contributed by atoms with Crippen LogP contribution < -0.4 is 49.1 Å². The third kappa shape index (κ3) is 16.2. The van der Waals surface area contributed by atoms with Crippen LogP contribution >= 0.6 is 0 Å². The molecule has 28 nitrogen and oxygen atoms in total. The molecule has 0 saturated carbocycles. The number of guanidine groups is 1. The Morgan fingerprint density at radius 1 is 0.627 bits per heavy atom. The second-order valence-corrected chi connectivity index (χ2v) is 19.7. The first kappa shape index (κ1) is 60.9. The lowest BCUT2D eigenvalue weighted by Gasteiger charge is -2.33. The number of aliphatic carboxylic acids is 1. The maximum Gasteiger partial charge on any atom is 0.326 e. The monoisotopic (exact) mass is 1060 g/mol. The molecule has 420 valence electrons. The number of likely N-dealkylation sites (tertiary alicyclic amines) is 4. The first-order valence-electron chi connectivity index (χ1n) is 25.8. The van der Waals surface area contributed by atoms with Crippen molar-refractivity contribution < 1.29 is 68.1 Å². The van der Waals surface area contributed by atoms with E-state index in [9.17, 15) is 68.1 Å². The second-order valence-electron chi connectivity index (χ2n) is 19.7. The molecule has 0 radical (unpaired) electrons. The Balaban J connectivity index is 1.31. The van der Waals surface area contributed by atoms with Gasteiger partial charge in [0.05, 0.1) is 25.3 Å². The molecule has 4 rings (SSSR count). The zero-order valence-corrected chi connectivity index (χ0v) is 43.5. The molecule has 4 heterocycles.